The van der Waals surface area contributed by atoms with Gasteiger partial charge in [0.1, 0.15) is 0 Å². The second-order valence-electron chi connectivity index (χ2n) is 6.37. The first kappa shape index (κ1) is 18.2. The van der Waals surface area contributed by atoms with Gasteiger partial charge in [-0.2, -0.15) is 0 Å². The lowest BCUT2D eigenvalue weighted by molar-refractivity contribution is 0.217. The predicted octanol–water partition coefficient (Wildman–Crippen LogP) is 4.46. The third kappa shape index (κ3) is 3.37. The first-order valence-electron chi connectivity index (χ1n) is 8.66. The molecule has 0 amide bonds. The van der Waals surface area contributed by atoms with Crippen LogP contribution in [0.25, 0.3) is 21.8 Å². The van der Waals surface area contributed by atoms with E-state index in [9.17, 15) is 8.42 Å². The lowest BCUT2D eigenvalue weighted by Crippen LogP contribution is -2.28. The van der Waals surface area contributed by atoms with E-state index in [1.165, 1.54) is 7.11 Å². The van der Waals surface area contributed by atoms with Crippen LogP contribution in [0, 0.1) is 0 Å². The summed E-state index contributed by atoms with van der Waals surface area (Å²) >= 11 is 0. The third-order valence-corrected chi connectivity index (χ3v) is 5.36. The minimum atomic E-state index is -3.51. The van der Waals surface area contributed by atoms with Gasteiger partial charge in [-0.15, -0.1) is 4.47 Å². The van der Waals surface area contributed by atoms with Crippen molar-refractivity contribution in [1.82, 2.24) is 4.98 Å². The van der Waals surface area contributed by atoms with Gasteiger partial charge >= 0.3 is 0 Å². The van der Waals surface area contributed by atoms with Gasteiger partial charge < -0.3 is 5.32 Å². The number of para-hydroxylation sites is 2. The molecule has 1 heterocycles. The molecule has 0 aliphatic heterocycles. The van der Waals surface area contributed by atoms with Gasteiger partial charge in [0.25, 0.3) is 10.0 Å². The number of sulfonamides is 1. The van der Waals surface area contributed by atoms with Crippen LogP contribution < -0.4 is 9.79 Å². The number of benzene rings is 3. The molecule has 1 N–H and O–H groups in total. The maximum Gasteiger partial charge on any atom is 0.254 e. The monoisotopic (exact) mass is 393 g/mol. The zero-order chi connectivity index (χ0) is 19.7. The fraction of sp³-hybridized carbons (Fsp3) is 0.0952. The fourth-order valence-corrected chi connectivity index (χ4v) is 3.99. The first-order valence-corrected chi connectivity index (χ1v) is 10.5. The van der Waals surface area contributed by atoms with Gasteiger partial charge in [0.2, 0.25) is 0 Å². The van der Waals surface area contributed by atoms with Crippen molar-refractivity contribution in [3.05, 3.63) is 72.8 Å². The minimum Gasteiger partial charge on any atom is -0.354 e. The van der Waals surface area contributed by atoms with Crippen LogP contribution in [0.3, 0.4) is 0 Å². The average Bonchev–Trinajstić information content (AvgIpc) is 2.68. The van der Waals surface area contributed by atoms with E-state index in [4.69, 9.17) is 9.82 Å². The van der Waals surface area contributed by atoms with E-state index in [-0.39, 0.29) is 0 Å². The van der Waals surface area contributed by atoms with Crippen LogP contribution >= 0.6 is 0 Å². The summed E-state index contributed by atoms with van der Waals surface area (Å²) in [6.45, 7) is 0. The Balaban J connectivity index is 1.77. The molecule has 0 unspecified atom stereocenters. The summed E-state index contributed by atoms with van der Waals surface area (Å²) in [5.41, 5.74) is 4.03. The number of hydrogen-bond donors (Lipinski definition) is 1. The van der Waals surface area contributed by atoms with Gasteiger partial charge in [-0.3, -0.25) is 4.84 Å². The highest BCUT2D eigenvalue weighted by Crippen LogP contribution is 2.33. The molecule has 0 aliphatic carbocycles. The lowest BCUT2D eigenvalue weighted by atomic mass is 10.1. The highest BCUT2D eigenvalue weighted by Gasteiger charge is 2.17. The van der Waals surface area contributed by atoms with Crippen LogP contribution in [0.5, 0.6) is 0 Å². The van der Waals surface area contributed by atoms with E-state index >= 15 is 0 Å². The topological polar surface area (TPSA) is 71.5 Å². The molecule has 3 aromatic carbocycles. The van der Waals surface area contributed by atoms with Crippen molar-refractivity contribution in [2.24, 2.45) is 0 Å². The summed E-state index contributed by atoms with van der Waals surface area (Å²) in [5.74, 6) is 0. The molecular formula is C21H19N3O3S. The van der Waals surface area contributed by atoms with E-state index in [0.717, 1.165) is 43.9 Å². The summed E-state index contributed by atoms with van der Waals surface area (Å²) in [6.07, 6.45) is 1.10. The normalized spacial score (nSPS) is 11.6. The van der Waals surface area contributed by atoms with E-state index in [0.29, 0.717) is 5.69 Å². The summed E-state index contributed by atoms with van der Waals surface area (Å²) in [5, 5.41) is 5.49. The largest absolute Gasteiger partial charge is 0.354 e. The Hall–Kier alpha value is -3.16. The maximum atomic E-state index is 11.8. The predicted molar refractivity (Wildman–Crippen MR) is 113 cm³/mol. The smallest absolute Gasteiger partial charge is 0.254 e. The molecule has 28 heavy (non-hydrogen) atoms. The van der Waals surface area contributed by atoms with E-state index in [1.54, 1.807) is 12.1 Å². The quantitative estimate of drug-likeness (QED) is 0.400. The van der Waals surface area contributed by atoms with E-state index < -0.39 is 10.0 Å². The summed E-state index contributed by atoms with van der Waals surface area (Å²) in [4.78, 5) is 9.72. The summed E-state index contributed by atoms with van der Waals surface area (Å²) < 4.78 is 24.5. The van der Waals surface area contributed by atoms with E-state index in [2.05, 4.69) is 5.32 Å². The zero-order valence-electron chi connectivity index (χ0n) is 15.5. The van der Waals surface area contributed by atoms with Crippen LogP contribution in [-0.2, 0) is 14.9 Å². The van der Waals surface area contributed by atoms with Crippen LogP contribution in [0.15, 0.2) is 72.8 Å². The highest BCUT2D eigenvalue weighted by molar-refractivity contribution is 7.91. The van der Waals surface area contributed by atoms with Gasteiger partial charge in [-0.1, -0.05) is 36.4 Å². The molecule has 0 radical (unpaired) electrons. The van der Waals surface area contributed by atoms with Crippen molar-refractivity contribution in [2.45, 2.75) is 0 Å². The molecule has 0 saturated heterocycles. The number of aromatic nitrogens is 1. The molecule has 0 spiro atoms. The van der Waals surface area contributed by atoms with Crippen molar-refractivity contribution < 1.29 is 13.3 Å². The fourth-order valence-electron chi connectivity index (χ4n) is 3.22. The molecule has 1 aromatic heterocycles. The molecule has 142 valence electrons. The Labute approximate surface area is 163 Å². The molecule has 4 rings (SSSR count). The Bertz CT molecular complexity index is 1200. The second kappa shape index (κ2) is 7.10. The molecule has 0 bridgehead atoms. The second-order valence-corrected chi connectivity index (χ2v) is 8.16. The molecule has 6 nitrogen and oxygen atoms in total. The number of pyridine rings is 1. The van der Waals surface area contributed by atoms with Crippen LogP contribution in [-0.4, -0.2) is 26.8 Å². The molecule has 7 heteroatoms. The first-order chi connectivity index (χ1) is 13.5. The lowest BCUT2D eigenvalue weighted by Gasteiger charge is -2.19. The minimum absolute atomic E-state index is 0.431. The molecule has 0 atom stereocenters. The Kier molecular flexibility index (Phi) is 4.62. The molecule has 0 saturated carbocycles. The number of anilines is 3. The van der Waals surface area contributed by atoms with Gasteiger partial charge in [0.15, 0.2) is 0 Å². The number of rotatable bonds is 5. The third-order valence-electron chi connectivity index (χ3n) is 4.40. The van der Waals surface area contributed by atoms with Crippen LogP contribution in [0.1, 0.15) is 0 Å². The van der Waals surface area contributed by atoms with Gasteiger partial charge in [-0.25, -0.2) is 13.4 Å². The van der Waals surface area contributed by atoms with Gasteiger partial charge in [0, 0.05) is 16.5 Å². The van der Waals surface area contributed by atoms with Crippen LogP contribution in [0.4, 0.5) is 17.1 Å². The number of nitrogens with zero attached hydrogens (tertiary/aromatic N) is 2. The van der Waals surface area contributed by atoms with Crippen molar-refractivity contribution in [1.29, 1.82) is 0 Å². The number of fused-ring (bicyclic) bond motifs is 2. The Morgan fingerprint density at radius 3 is 1.89 bits per heavy atom. The van der Waals surface area contributed by atoms with E-state index in [1.807, 2.05) is 60.7 Å². The van der Waals surface area contributed by atoms with Crippen molar-refractivity contribution in [3.63, 3.8) is 0 Å². The van der Waals surface area contributed by atoms with Gasteiger partial charge in [0.05, 0.1) is 35.8 Å². The highest BCUT2D eigenvalue weighted by atomic mass is 32.2. The number of hydrogen-bond acceptors (Lipinski definition) is 5. The molecule has 0 aliphatic rings. The summed E-state index contributed by atoms with van der Waals surface area (Å²) in [7, 11) is -2.19. The SMILES string of the molecule is CON(c1ccc(Nc2c3ccccc3nc3ccccc23)cc1)S(C)(=O)=O. The maximum absolute atomic E-state index is 11.8. The molecule has 0 fully saturated rings. The molecular weight excluding hydrogens is 374 g/mol. The molecule has 4 aromatic rings. The van der Waals surface area contributed by atoms with Crippen molar-refractivity contribution in [2.75, 3.05) is 23.2 Å². The standard InChI is InChI=1S/C21H19N3O3S/c1-27-24(28(2,25)26)16-13-11-15(12-14-16)22-21-17-7-3-5-9-19(17)23-20-10-6-4-8-18(20)21/h3-14H,1-2H3,(H,22,23). The Morgan fingerprint density at radius 1 is 0.857 bits per heavy atom. The van der Waals surface area contributed by atoms with Crippen molar-refractivity contribution >= 4 is 48.9 Å². The Morgan fingerprint density at radius 2 is 1.39 bits per heavy atom. The summed E-state index contributed by atoms with van der Waals surface area (Å²) in [6, 6.07) is 22.9. The van der Waals surface area contributed by atoms with Gasteiger partial charge in [-0.05, 0) is 36.4 Å². The zero-order valence-corrected chi connectivity index (χ0v) is 16.3. The average molecular weight is 393 g/mol. The van der Waals surface area contributed by atoms with Crippen molar-refractivity contribution in [3.8, 4) is 0 Å². The number of nitrogens with one attached hydrogen (secondary N) is 1. The van der Waals surface area contributed by atoms with Crippen LogP contribution in [0.2, 0.25) is 0 Å².